The number of nitrogens with zero attached hydrogens (tertiary/aromatic N) is 1. The molecule has 5 heteroatoms. The van der Waals surface area contributed by atoms with Crippen LogP contribution in [-0.2, 0) is 0 Å². The molecule has 94 valence electrons. The molecule has 2 rings (SSSR count). The van der Waals surface area contributed by atoms with Crippen molar-refractivity contribution >= 4 is 33.1 Å². The average molecular weight is 308 g/mol. The maximum Gasteiger partial charge on any atom is 0.215 e. The van der Waals surface area contributed by atoms with Crippen LogP contribution in [0, 0.1) is 6.92 Å². The van der Waals surface area contributed by atoms with E-state index in [0.717, 1.165) is 15.7 Å². The minimum atomic E-state index is 0.524. The van der Waals surface area contributed by atoms with Gasteiger partial charge in [-0.15, -0.1) is 0 Å². The number of aromatic nitrogens is 1. The van der Waals surface area contributed by atoms with E-state index in [1.54, 1.807) is 19.2 Å². The van der Waals surface area contributed by atoms with Gasteiger partial charge in [-0.05, 0) is 46.6 Å². The van der Waals surface area contributed by atoms with Crippen LogP contribution in [0.4, 0.5) is 17.2 Å². The predicted octanol–water partition coefficient (Wildman–Crippen LogP) is 3.49. The first-order chi connectivity index (χ1) is 8.60. The van der Waals surface area contributed by atoms with E-state index in [1.807, 2.05) is 25.1 Å². The van der Waals surface area contributed by atoms with E-state index in [2.05, 4.69) is 26.2 Å². The smallest absolute Gasteiger partial charge is 0.215 e. The molecule has 1 aromatic heterocycles. The molecule has 0 atom stereocenters. The van der Waals surface area contributed by atoms with Crippen molar-refractivity contribution in [3.05, 3.63) is 40.4 Å². The van der Waals surface area contributed by atoms with Crippen LogP contribution in [0.15, 0.2) is 34.8 Å². The van der Waals surface area contributed by atoms with E-state index in [-0.39, 0.29) is 0 Å². The molecule has 0 amide bonds. The van der Waals surface area contributed by atoms with Gasteiger partial charge in [-0.2, -0.15) is 4.98 Å². The molecule has 3 N–H and O–H groups in total. The predicted molar refractivity (Wildman–Crippen MR) is 77.4 cm³/mol. The molecule has 0 fully saturated rings. The molecule has 1 aromatic carbocycles. The Morgan fingerprint density at radius 3 is 2.78 bits per heavy atom. The summed E-state index contributed by atoms with van der Waals surface area (Å²) in [7, 11) is 1.57. The number of pyridine rings is 1. The zero-order chi connectivity index (χ0) is 13.1. The molecule has 0 unspecified atom stereocenters. The highest BCUT2D eigenvalue weighted by molar-refractivity contribution is 9.10. The van der Waals surface area contributed by atoms with Crippen molar-refractivity contribution in [3.63, 3.8) is 0 Å². The quantitative estimate of drug-likeness (QED) is 0.911. The second-order valence-corrected chi connectivity index (χ2v) is 4.75. The number of nitrogen functional groups attached to an aromatic ring is 1. The van der Waals surface area contributed by atoms with Gasteiger partial charge in [0.25, 0.3) is 0 Å². The molecule has 0 saturated carbocycles. The van der Waals surface area contributed by atoms with Gasteiger partial charge in [0.2, 0.25) is 5.88 Å². The number of methoxy groups -OCH3 is 1. The summed E-state index contributed by atoms with van der Waals surface area (Å²) in [6.07, 6.45) is 0. The van der Waals surface area contributed by atoms with Gasteiger partial charge in [-0.25, -0.2) is 0 Å². The highest BCUT2D eigenvalue weighted by Crippen LogP contribution is 2.29. The fourth-order valence-corrected chi connectivity index (χ4v) is 1.87. The Labute approximate surface area is 114 Å². The van der Waals surface area contributed by atoms with Gasteiger partial charge in [0.15, 0.2) is 5.82 Å². The monoisotopic (exact) mass is 307 g/mol. The van der Waals surface area contributed by atoms with Gasteiger partial charge < -0.3 is 15.8 Å². The zero-order valence-corrected chi connectivity index (χ0v) is 11.8. The van der Waals surface area contributed by atoms with Gasteiger partial charge in [0.1, 0.15) is 0 Å². The molecule has 1 heterocycles. The lowest BCUT2D eigenvalue weighted by Crippen LogP contribution is -2.01. The van der Waals surface area contributed by atoms with E-state index in [0.29, 0.717) is 17.4 Å². The Hall–Kier alpha value is -1.75. The van der Waals surface area contributed by atoms with Crippen molar-refractivity contribution in [1.29, 1.82) is 0 Å². The summed E-state index contributed by atoms with van der Waals surface area (Å²) < 4.78 is 6.04. The van der Waals surface area contributed by atoms with Gasteiger partial charge in [-0.3, -0.25) is 0 Å². The summed E-state index contributed by atoms with van der Waals surface area (Å²) in [6, 6.07) is 9.51. The molecule has 2 aromatic rings. The maximum atomic E-state index is 5.88. The Kier molecular flexibility index (Phi) is 3.72. The first kappa shape index (κ1) is 12.7. The molecule has 0 saturated heterocycles. The first-order valence-electron chi connectivity index (χ1n) is 5.44. The lowest BCUT2D eigenvalue weighted by molar-refractivity contribution is 0.398. The Morgan fingerprint density at radius 2 is 2.06 bits per heavy atom. The molecule has 4 nitrogen and oxygen atoms in total. The molecule has 0 radical (unpaired) electrons. The van der Waals surface area contributed by atoms with Crippen molar-refractivity contribution in [2.45, 2.75) is 6.92 Å². The number of rotatable bonds is 3. The molecular weight excluding hydrogens is 294 g/mol. The lowest BCUT2D eigenvalue weighted by Gasteiger charge is -2.11. The third-order valence-corrected chi connectivity index (χ3v) is 3.18. The van der Waals surface area contributed by atoms with E-state index in [1.165, 1.54) is 0 Å². The summed E-state index contributed by atoms with van der Waals surface area (Å²) in [6.45, 7) is 2.03. The van der Waals surface area contributed by atoms with Crippen LogP contribution in [0.2, 0.25) is 0 Å². The van der Waals surface area contributed by atoms with Crippen LogP contribution in [0.3, 0.4) is 0 Å². The second-order valence-electron chi connectivity index (χ2n) is 3.90. The minimum Gasteiger partial charge on any atom is -0.481 e. The Morgan fingerprint density at radius 1 is 1.28 bits per heavy atom. The Bertz CT molecular complexity index is 572. The summed E-state index contributed by atoms with van der Waals surface area (Å²) in [5.41, 5.74) is 8.53. The normalized spacial score (nSPS) is 10.2. The van der Waals surface area contributed by atoms with Crippen molar-refractivity contribution in [2.75, 3.05) is 18.2 Å². The number of nitrogens with one attached hydrogen (secondary N) is 1. The van der Waals surface area contributed by atoms with Crippen LogP contribution in [-0.4, -0.2) is 12.1 Å². The number of hydrogen-bond donors (Lipinski definition) is 2. The summed E-state index contributed by atoms with van der Waals surface area (Å²) >= 11 is 3.49. The lowest BCUT2D eigenvalue weighted by atomic mass is 10.2. The van der Waals surface area contributed by atoms with Crippen LogP contribution >= 0.6 is 15.9 Å². The third-order valence-electron chi connectivity index (χ3n) is 2.48. The van der Waals surface area contributed by atoms with Crippen molar-refractivity contribution in [1.82, 2.24) is 4.98 Å². The van der Waals surface area contributed by atoms with E-state index in [9.17, 15) is 0 Å². The minimum absolute atomic E-state index is 0.524. The summed E-state index contributed by atoms with van der Waals surface area (Å²) in [4.78, 5) is 4.28. The molecule has 0 aliphatic rings. The van der Waals surface area contributed by atoms with Gasteiger partial charge in [-0.1, -0.05) is 6.07 Å². The second kappa shape index (κ2) is 5.27. The fraction of sp³-hybridized carbons (Fsp3) is 0.154. The molecular formula is C13H14BrN3O. The maximum absolute atomic E-state index is 5.88. The highest BCUT2D eigenvalue weighted by atomic mass is 79.9. The molecule has 0 bridgehead atoms. The molecule has 0 spiro atoms. The summed E-state index contributed by atoms with van der Waals surface area (Å²) in [5.74, 6) is 1.11. The number of hydrogen-bond acceptors (Lipinski definition) is 4. The van der Waals surface area contributed by atoms with E-state index < -0.39 is 0 Å². The number of benzene rings is 1. The Balaban J connectivity index is 2.36. The number of anilines is 3. The standard InChI is InChI=1S/C13H14BrN3O/c1-8-3-4-9(14)11(7-8)16-13-10(15)5-6-12(17-13)18-2/h3-7H,15H2,1-2H3,(H,16,17). The number of halogens is 1. The topological polar surface area (TPSA) is 60.2 Å². The number of ether oxygens (including phenoxy) is 1. The molecule has 18 heavy (non-hydrogen) atoms. The molecule has 0 aliphatic carbocycles. The van der Waals surface area contributed by atoms with Crippen LogP contribution in [0.5, 0.6) is 5.88 Å². The van der Waals surface area contributed by atoms with Crippen molar-refractivity contribution < 1.29 is 4.74 Å². The number of aryl methyl sites for hydroxylation is 1. The SMILES string of the molecule is COc1ccc(N)c(Nc2cc(C)ccc2Br)n1. The van der Waals surface area contributed by atoms with Gasteiger partial charge in [0.05, 0.1) is 18.5 Å². The van der Waals surface area contributed by atoms with Gasteiger partial charge in [0, 0.05) is 10.5 Å². The highest BCUT2D eigenvalue weighted by Gasteiger charge is 2.06. The van der Waals surface area contributed by atoms with Crippen LogP contribution in [0.1, 0.15) is 5.56 Å². The van der Waals surface area contributed by atoms with Crippen molar-refractivity contribution in [3.8, 4) is 5.88 Å². The average Bonchev–Trinajstić information content (AvgIpc) is 2.36. The van der Waals surface area contributed by atoms with E-state index in [4.69, 9.17) is 10.5 Å². The third kappa shape index (κ3) is 2.73. The van der Waals surface area contributed by atoms with Crippen molar-refractivity contribution in [2.24, 2.45) is 0 Å². The first-order valence-corrected chi connectivity index (χ1v) is 6.23. The van der Waals surface area contributed by atoms with Crippen LogP contribution < -0.4 is 15.8 Å². The zero-order valence-electron chi connectivity index (χ0n) is 10.2. The van der Waals surface area contributed by atoms with E-state index >= 15 is 0 Å². The van der Waals surface area contributed by atoms with Gasteiger partial charge >= 0.3 is 0 Å². The van der Waals surface area contributed by atoms with Crippen LogP contribution in [0.25, 0.3) is 0 Å². The largest absolute Gasteiger partial charge is 0.481 e. The molecule has 0 aliphatic heterocycles. The summed E-state index contributed by atoms with van der Waals surface area (Å²) in [5, 5.41) is 3.19. The fourth-order valence-electron chi connectivity index (χ4n) is 1.53. The number of nitrogens with two attached hydrogens (primary N) is 1.